The number of carbonyl (C=O) groups is 1. The van der Waals surface area contributed by atoms with Crippen molar-refractivity contribution in [3.8, 4) is 0 Å². The van der Waals surface area contributed by atoms with Crippen LogP contribution < -0.4 is 10.2 Å². The molecule has 0 spiro atoms. The maximum atomic E-state index is 12.2. The van der Waals surface area contributed by atoms with Crippen LogP contribution in [0.15, 0.2) is 24.3 Å². The maximum Gasteiger partial charge on any atom is 0.223 e. The molecule has 2 heterocycles. The summed E-state index contributed by atoms with van der Waals surface area (Å²) in [5, 5.41) is 3.16. The van der Waals surface area contributed by atoms with Crippen molar-refractivity contribution >= 4 is 11.6 Å². The zero-order valence-corrected chi connectivity index (χ0v) is 13.4. The first-order valence-corrected chi connectivity index (χ1v) is 8.39. The van der Waals surface area contributed by atoms with Gasteiger partial charge in [-0.1, -0.05) is 12.1 Å². The number of nitrogens with one attached hydrogen (secondary N) is 1. The Balaban J connectivity index is 1.46. The SMILES string of the molecule is Cc1cccc(N2CC[C@H](CNC(=O)C3CCOCC3)C2)c1. The van der Waals surface area contributed by atoms with E-state index < -0.39 is 0 Å². The van der Waals surface area contributed by atoms with Crippen molar-refractivity contribution in [2.75, 3.05) is 37.7 Å². The van der Waals surface area contributed by atoms with Crippen LogP contribution in [-0.2, 0) is 9.53 Å². The molecule has 0 bridgehead atoms. The summed E-state index contributed by atoms with van der Waals surface area (Å²) in [5.74, 6) is 0.935. The molecule has 120 valence electrons. The molecule has 2 aliphatic heterocycles. The minimum Gasteiger partial charge on any atom is -0.381 e. The van der Waals surface area contributed by atoms with Crippen molar-refractivity contribution in [3.63, 3.8) is 0 Å². The normalized spacial score (nSPS) is 22.8. The van der Waals surface area contributed by atoms with Crippen LogP contribution in [0.4, 0.5) is 5.69 Å². The molecule has 1 N–H and O–H groups in total. The molecule has 22 heavy (non-hydrogen) atoms. The van der Waals surface area contributed by atoms with E-state index in [9.17, 15) is 4.79 Å². The number of hydrogen-bond acceptors (Lipinski definition) is 3. The number of nitrogens with zero attached hydrogens (tertiary/aromatic N) is 1. The summed E-state index contributed by atoms with van der Waals surface area (Å²) in [7, 11) is 0. The van der Waals surface area contributed by atoms with E-state index >= 15 is 0 Å². The number of carbonyl (C=O) groups excluding carboxylic acids is 1. The number of ether oxygens (including phenoxy) is 1. The van der Waals surface area contributed by atoms with E-state index in [2.05, 4.69) is 41.4 Å². The Labute approximate surface area is 132 Å². The Morgan fingerprint density at radius 3 is 2.91 bits per heavy atom. The van der Waals surface area contributed by atoms with E-state index in [0.29, 0.717) is 5.92 Å². The minimum atomic E-state index is 0.156. The fraction of sp³-hybridized carbons (Fsp3) is 0.611. The first kappa shape index (κ1) is 15.3. The van der Waals surface area contributed by atoms with Crippen LogP contribution in [0.3, 0.4) is 0 Å². The summed E-state index contributed by atoms with van der Waals surface area (Å²) < 4.78 is 5.31. The molecule has 0 radical (unpaired) electrons. The molecule has 1 aromatic carbocycles. The Kier molecular flexibility index (Phi) is 4.98. The number of aryl methyl sites for hydroxylation is 1. The fourth-order valence-electron chi connectivity index (χ4n) is 3.41. The van der Waals surface area contributed by atoms with E-state index in [1.165, 1.54) is 11.3 Å². The third kappa shape index (κ3) is 3.80. The number of hydrogen-bond donors (Lipinski definition) is 1. The van der Waals surface area contributed by atoms with Gasteiger partial charge >= 0.3 is 0 Å². The second-order valence-electron chi connectivity index (χ2n) is 6.57. The van der Waals surface area contributed by atoms with Crippen molar-refractivity contribution < 1.29 is 9.53 Å². The van der Waals surface area contributed by atoms with E-state index in [0.717, 1.165) is 52.1 Å². The van der Waals surface area contributed by atoms with Crippen molar-refractivity contribution in [1.29, 1.82) is 0 Å². The molecule has 3 rings (SSSR count). The lowest BCUT2D eigenvalue weighted by Crippen LogP contribution is -2.37. The first-order chi connectivity index (χ1) is 10.7. The minimum absolute atomic E-state index is 0.156. The topological polar surface area (TPSA) is 41.6 Å². The highest BCUT2D eigenvalue weighted by Crippen LogP contribution is 2.24. The largest absolute Gasteiger partial charge is 0.381 e. The lowest BCUT2D eigenvalue weighted by Gasteiger charge is -2.22. The van der Waals surface area contributed by atoms with Gasteiger partial charge in [-0.2, -0.15) is 0 Å². The van der Waals surface area contributed by atoms with Gasteiger partial charge in [-0.3, -0.25) is 4.79 Å². The van der Waals surface area contributed by atoms with Gasteiger partial charge in [0.15, 0.2) is 0 Å². The summed E-state index contributed by atoms with van der Waals surface area (Å²) in [6, 6.07) is 8.66. The molecule has 0 saturated carbocycles. The van der Waals surface area contributed by atoms with Crippen molar-refractivity contribution in [2.24, 2.45) is 11.8 Å². The van der Waals surface area contributed by atoms with Crippen molar-refractivity contribution in [1.82, 2.24) is 5.32 Å². The van der Waals surface area contributed by atoms with Gasteiger partial charge in [0, 0.05) is 44.5 Å². The van der Waals surface area contributed by atoms with Gasteiger partial charge in [0.2, 0.25) is 5.91 Å². The Morgan fingerprint density at radius 1 is 1.32 bits per heavy atom. The average molecular weight is 302 g/mol. The third-order valence-electron chi connectivity index (χ3n) is 4.81. The van der Waals surface area contributed by atoms with Crippen LogP contribution >= 0.6 is 0 Å². The standard InChI is InChI=1S/C18H26N2O2/c1-14-3-2-4-17(11-14)20-8-5-15(13-20)12-19-18(21)16-6-9-22-10-7-16/h2-4,11,15-16H,5-10,12-13H2,1H3,(H,19,21)/t15-/m1/s1. The lowest BCUT2D eigenvalue weighted by molar-refractivity contribution is -0.128. The third-order valence-corrected chi connectivity index (χ3v) is 4.81. The second-order valence-corrected chi connectivity index (χ2v) is 6.57. The Morgan fingerprint density at radius 2 is 2.14 bits per heavy atom. The molecule has 0 unspecified atom stereocenters. The molecular weight excluding hydrogens is 276 g/mol. The number of anilines is 1. The van der Waals surface area contributed by atoms with E-state index in [4.69, 9.17) is 4.74 Å². The molecule has 2 aliphatic rings. The smallest absolute Gasteiger partial charge is 0.223 e. The van der Waals surface area contributed by atoms with Gasteiger partial charge in [-0.15, -0.1) is 0 Å². The average Bonchev–Trinajstić information content (AvgIpc) is 3.02. The summed E-state index contributed by atoms with van der Waals surface area (Å²) in [5.41, 5.74) is 2.60. The monoisotopic (exact) mass is 302 g/mol. The number of rotatable bonds is 4. The van der Waals surface area contributed by atoms with Crippen LogP contribution in [-0.4, -0.2) is 38.8 Å². The Hall–Kier alpha value is -1.55. The molecule has 0 aromatic heterocycles. The van der Waals surface area contributed by atoms with Gasteiger partial charge in [-0.25, -0.2) is 0 Å². The molecule has 0 aliphatic carbocycles. The zero-order valence-electron chi connectivity index (χ0n) is 13.4. The predicted octanol–water partition coefficient (Wildman–Crippen LogP) is 2.36. The van der Waals surface area contributed by atoms with Crippen molar-refractivity contribution in [3.05, 3.63) is 29.8 Å². The van der Waals surface area contributed by atoms with Gasteiger partial charge in [-0.05, 0) is 49.8 Å². The molecule has 4 heteroatoms. The second kappa shape index (κ2) is 7.14. The molecule has 2 fully saturated rings. The van der Waals surface area contributed by atoms with Crippen molar-refractivity contribution in [2.45, 2.75) is 26.2 Å². The summed E-state index contributed by atoms with van der Waals surface area (Å²) in [6.07, 6.45) is 2.89. The van der Waals surface area contributed by atoms with E-state index in [1.807, 2.05) is 0 Å². The highest BCUT2D eigenvalue weighted by molar-refractivity contribution is 5.78. The molecular formula is C18H26N2O2. The fourth-order valence-corrected chi connectivity index (χ4v) is 3.41. The molecule has 4 nitrogen and oxygen atoms in total. The first-order valence-electron chi connectivity index (χ1n) is 8.39. The van der Waals surface area contributed by atoms with Gasteiger partial charge in [0.1, 0.15) is 0 Å². The van der Waals surface area contributed by atoms with E-state index in [-0.39, 0.29) is 11.8 Å². The molecule has 2 saturated heterocycles. The molecule has 1 amide bonds. The van der Waals surface area contributed by atoms with Gasteiger partial charge in [0.25, 0.3) is 0 Å². The van der Waals surface area contributed by atoms with Gasteiger partial charge < -0.3 is 15.0 Å². The highest BCUT2D eigenvalue weighted by atomic mass is 16.5. The highest BCUT2D eigenvalue weighted by Gasteiger charge is 2.25. The van der Waals surface area contributed by atoms with Crippen LogP contribution in [0, 0.1) is 18.8 Å². The van der Waals surface area contributed by atoms with Crippen LogP contribution in [0.25, 0.3) is 0 Å². The van der Waals surface area contributed by atoms with Crippen LogP contribution in [0.2, 0.25) is 0 Å². The Bertz CT molecular complexity index is 512. The number of amides is 1. The summed E-state index contributed by atoms with van der Waals surface area (Å²) in [4.78, 5) is 14.6. The molecule has 1 aromatic rings. The van der Waals surface area contributed by atoms with Crippen LogP contribution in [0.1, 0.15) is 24.8 Å². The predicted molar refractivity (Wildman–Crippen MR) is 88.1 cm³/mol. The summed E-state index contributed by atoms with van der Waals surface area (Å²) >= 11 is 0. The zero-order chi connectivity index (χ0) is 15.4. The summed E-state index contributed by atoms with van der Waals surface area (Å²) in [6.45, 7) is 6.51. The lowest BCUT2D eigenvalue weighted by atomic mass is 9.99. The quantitative estimate of drug-likeness (QED) is 0.928. The van der Waals surface area contributed by atoms with Gasteiger partial charge in [0.05, 0.1) is 0 Å². The molecule has 1 atom stereocenters. The number of benzene rings is 1. The maximum absolute atomic E-state index is 12.2. The van der Waals surface area contributed by atoms with E-state index in [1.54, 1.807) is 0 Å². The van der Waals surface area contributed by atoms with Crippen LogP contribution in [0.5, 0.6) is 0 Å².